The molecule has 5 heteroatoms. The van der Waals surface area contributed by atoms with Crippen LogP contribution in [0.15, 0.2) is 12.4 Å². The topological polar surface area (TPSA) is 25.8 Å². The highest BCUT2D eigenvalue weighted by Gasteiger charge is 2.35. The summed E-state index contributed by atoms with van der Waals surface area (Å²) in [5.41, 5.74) is 0.876. The van der Waals surface area contributed by atoms with Crippen LogP contribution >= 0.6 is 0 Å². The van der Waals surface area contributed by atoms with Crippen LogP contribution in [0.2, 0.25) is 0 Å². The van der Waals surface area contributed by atoms with E-state index in [0.29, 0.717) is 5.92 Å². The summed E-state index contributed by atoms with van der Waals surface area (Å²) in [4.78, 5) is 7.07. The smallest absolute Gasteiger partial charge is 0.233 e. The van der Waals surface area contributed by atoms with E-state index in [1.54, 1.807) is 0 Å². The summed E-state index contributed by atoms with van der Waals surface area (Å²) in [6.07, 6.45) is 13.9. The maximum Gasteiger partial charge on any atom is 0.451 e. The molecule has 2 fully saturated rings. The lowest BCUT2D eigenvalue weighted by atomic mass is 9.68. The first-order valence-corrected chi connectivity index (χ1v) is 10.9. The van der Waals surface area contributed by atoms with E-state index < -0.39 is 12.0 Å². The molecule has 2 nitrogen and oxygen atoms in total. The molecular weight excluding hydrogens is 349 g/mol. The van der Waals surface area contributed by atoms with Gasteiger partial charge in [-0.15, -0.1) is 0 Å². The summed E-state index contributed by atoms with van der Waals surface area (Å²) < 4.78 is 37.8. The third-order valence-corrected chi connectivity index (χ3v) is 6.94. The van der Waals surface area contributed by atoms with Gasteiger partial charge in [0.2, 0.25) is 5.82 Å². The van der Waals surface area contributed by atoms with Crippen LogP contribution in [0.4, 0.5) is 13.2 Å². The van der Waals surface area contributed by atoms with Crippen molar-refractivity contribution in [3.63, 3.8) is 0 Å². The highest BCUT2D eigenvalue weighted by Crippen LogP contribution is 2.44. The van der Waals surface area contributed by atoms with Gasteiger partial charge in [-0.2, -0.15) is 13.2 Å². The van der Waals surface area contributed by atoms with Gasteiger partial charge in [-0.1, -0.05) is 45.4 Å². The van der Waals surface area contributed by atoms with Gasteiger partial charge in [0.25, 0.3) is 0 Å². The van der Waals surface area contributed by atoms with E-state index in [-0.39, 0.29) is 0 Å². The summed E-state index contributed by atoms with van der Waals surface area (Å²) in [6, 6.07) is 0. The molecule has 152 valence electrons. The first-order chi connectivity index (χ1) is 13.0. The van der Waals surface area contributed by atoms with Crippen molar-refractivity contribution in [3.05, 3.63) is 23.8 Å². The molecule has 27 heavy (non-hydrogen) atoms. The summed E-state index contributed by atoms with van der Waals surface area (Å²) in [5, 5.41) is 0. The zero-order chi connectivity index (χ0) is 19.3. The van der Waals surface area contributed by atoms with Gasteiger partial charge in [-0.05, 0) is 67.8 Å². The largest absolute Gasteiger partial charge is 0.451 e. The Kier molecular flexibility index (Phi) is 7.16. The van der Waals surface area contributed by atoms with Gasteiger partial charge in [-0.25, -0.2) is 9.97 Å². The zero-order valence-corrected chi connectivity index (χ0v) is 16.5. The first kappa shape index (κ1) is 20.6. The van der Waals surface area contributed by atoms with Gasteiger partial charge in [0.1, 0.15) is 0 Å². The van der Waals surface area contributed by atoms with Crippen molar-refractivity contribution >= 4 is 0 Å². The molecule has 2 saturated carbocycles. The number of hydrogen-bond donors (Lipinski definition) is 0. The summed E-state index contributed by atoms with van der Waals surface area (Å²) in [6.45, 7) is 2.27. The van der Waals surface area contributed by atoms with Gasteiger partial charge in [0.15, 0.2) is 0 Å². The highest BCUT2D eigenvalue weighted by molar-refractivity contribution is 5.13. The van der Waals surface area contributed by atoms with Crippen LogP contribution in [0.3, 0.4) is 0 Å². The van der Waals surface area contributed by atoms with Crippen molar-refractivity contribution < 1.29 is 13.2 Å². The maximum atomic E-state index is 12.6. The summed E-state index contributed by atoms with van der Waals surface area (Å²) >= 11 is 0. The highest BCUT2D eigenvalue weighted by atomic mass is 19.4. The van der Waals surface area contributed by atoms with E-state index in [9.17, 15) is 13.2 Å². The lowest BCUT2D eigenvalue weighted by Gasteiger charge is -2.38. The molecule has 0 aromatic carbocycles. The molecule has 1 aromatic rings. The number of alkyl halides is 3. The minimum atomic E-state index is -4.45. The Morgan fingerprint density at radius 3 is 1.93 bits per heavy atom. The van der Waals surface area contributed by atoms with Crippen molar-refractivity contribution in [2.45, 2.75) is 96.1 Å². The Balaban J connectivity index is 1.43. The van der Waals surface area contributed by atoms with Crippen LogP contribution in [-0.4, -0.2) is 9.97 Å². The number of unbranched alkanes of at least 4 members (excludes halogenated alkanes) is 2. The first-order valence-electron chi connectivity index (χ1n) is 10.9. The number of rotatable bonds is 6. The van der Waals surface area contributed by atoms with Crippen LogP contribution < -0.4 is 0 Å². The van der Waals surface area contributed by atoms with Crippen molar-refractivity contribution in [1.82, 2.24) is 9.97 Å². The van der Waals surface area contributed by atoms with Crippen LogP contribution in [0, 0.1) is 17.8 Å². The second-order valence-electron chi connectivity index (χ2n) is 8.73. The molecule has 1 aromatic heterocycles. The molecule has 0 saturated heterocycles. The van der Waals surface area contributed by atoms with Crippen molar-refractivity contribution in [1.29, 1.82) is 0 Å². The fourth-order valence-corrected chi connectivity index (χ4v) is 5.25. The van der Waals surface area contributed by atoms with Crippen molar-refractivity contribution in [2.75, 3.05) is 0 Å². The second kappa shape index (κ2) is 9.38. The maximum absolute atomic E-state index is 12.6. The van der Waals surface area contributed by atoms with Crippen LogP contribution in [0.5, 0.6) is 0 Å². The molecule has 0 amide bonds. The van der Waals surface area contributed by atoms with Gasteiger partial charge in [-0.3, -0.25) is 0 Å². The van der Waals surface area contributed by atoms with Gasteiger partial charge < -0.3 is 0 Å². The minimum absolute atomic E-state index is 0.328. The van der Waals surface area contributed by atoms with E-state index in [4.69, 9.17) is 0 Å². The normalized spacial score (nSPS) is 29.6. The van der Waals surface area contributed by atoms with Crippen LogP contribution in [0.1, 0.15) is 101 Å². The Morgan fingerprint density at radius 1 is 0.852 bits per heavy atom. The fraction of sp³-hybridized carbons (Fsp3) is 0.818. The van der Waals surface area contributed by atoms with Crippen LogP contribution in [-0.2, 0) is 6.18 Å². The molecular formula is C22H33F3N2. The lowest BCUT2D eigenvalue weighted by molar-refractivity contribution is -0.145. The predicted molar refractivity (Wildman–Crippen MR) is 101 cm³/mol. The number of aromatic nitrogens is 2. The third kappa shape index (κ3) is 5.68. The molecule has 0 aliphatic heterocycles. The van der Waals surface area contributed by atoms with Crippen molar-refractivity contribution in [3.8, 4) is 0 Å². The van der Waals surface area contributed by atoms with Crippen molar-refractivity contribution in [2.24, 2.45) is 17.8 Å². The van der Waals surface area contributed by atoms with Crippen LogP contribution in [0.25, 0.3) is 0 Å². The molecule has 0 radical (unpaired) electrons. The Hall–Kier alpha value is -1.13. The summed E-state index contributed by atoms with van der Waals surface area (Å²) in [5.74, 6) is 1.93. The molecule has 3 rings (SSSR count). The average Bonchev–Trinajstić information content (AvgIpc) is 2.68. The second-order valence-corrected chi connectivity index (χ2v) is 8.73. The molecule has 1 heterocycles. The Morgan fingerprint density at radius 2 is 1.41 bits per heavy atom. The van der Waals surface area contributed by atoms with E-state index in [1.807, 2.05) is 0 Å². The van der Waals surface area contributed by atoms with E-state index in [0.717, 1.165) is 36.2 Å². The van der Waals surface area contributed by atoms with E-state index in [2.05, 4.69) is 16.9 Å². The molecule has 0 spiro atoms. The molecule has 0 bridgehead atoms. The number of nitrogens with zero attached hydrogens (tertiary/aromatic N) is 2. The molecule has 0 unspecified atom stereocenters. The number of halogens is 3. The van der Waals surface area contributed by atoms with Gasteiger partial charge >= 0.3 is 6.18 Å². The fourth-order valence-electron chi connectivity index (χ4n) is 5.25. The lowest BCUT2D eigenvalue weighted by Crippen LogP contribution is -2.25. The summed E-state index contributed by atoms with van der Waals surface area (Å²) in [7, 11) is 0. The minimum Gasteiger partial charge on any atom is -0.233 e. The third-order valence-electron chi connectivity index (χ3n) is 6.94. The average molecular weight is 383 g/mol. The SMILES string of the molecule is CCCCC[C@H]1CC[C@H](C2CCC(c3cnc(C(F)(F)F)nc3)CC2)CC1. The molecule has 2 aliphatic rings. The zero-order valence-electron chi connectivity index (χ0n) is 16.5. The molecule has 0 N–H and O–H groups in total. The van der Waals surface area contributed by atoms with E-state index >= 15 is 0 Å². The molecule has 2 aliphatic carbocycles. The van der Waals surface area contributed by atoms with E-state index in [1.165, 1.54) is 76.6 Å². The van der Waals surface area contributed by atoms with Gasteiger partial charge in [0.05, 0.1) is 0 Å². The van der Waals surface area contributed by atoms with Gasteiger partial charge in [0, 0.05) is 12.4 Å². The molecule has 0 atom stereocenters. The Labute approximate surface area is 161 Å². The predicted octanol–water partition coefficient (Wildman–Crippen LogP) is 7.16. The Bertz CT molecular complexity index is 554. The number of hydrogen-bond acceptors (Lipinski definition) is 2. The monoisotopic (exact) mass is 382 g/mol. The quantitative estimate of drug-likeness (QED) is 0.488. The standard InChI is InChI=1S/C22H33F3N2/c1-2-3-4-5-16-6-8-17(9-7-16)18-10-12-19(13-11-18)20-14-26-21(27-15-20)22(23,24)25/h14-19H,2-13H2,1H3/t16-,17-,18?,19?.